The van der Waals surface area contributed by atoms with E-state index < -0.39 is 27.6 Å². The molecule has 1 aliphatic heterocycles. The highest BCUT2D eigenvalue weighted by Crippen LogP contribution is 2.28. The molecule has 0 saturated carbocycles. The molecule has 0 radical (unpaired) electrons. The molecule has 2 aromatic heterocycles. The number of aromatic nitrogens is 2. The van der Waals surface area contributed by atoms with Gasteiger partial charge < -0.3 is 9.73 Å². The smallest absolute Gasteiger partial charge is 0.276 e. The van der Waals surface area contributed by atoms with Gasteiger partial charge in [0.1, 0.15) is 17.3 Å². The van der Waals surface area contributed by atoms with E-state index in [0.717, 1.165) is 12.1 Å². The molecule has 1 fully saturated rings. The van der Waals surface area contributed by atoms with Crippen molar-refractivity contribution in [3.05, 3.63) is 59.8 Å². The Kier molecular flexibility index (Phi) is 5.88. The van der Waals surface area contributed by atoms with E-state index in [-0.39, 0.29) is 36.2 Å². The van der Waals surface area contributed by atoms with E-state index in [1.54, 1.807) is 12.1 Å². The van der Waals surface area contributed by atoms with Gasteiger partial charge in [-0.2, -0.15) is 9.40 Å². The van der Waals surface area contributed by atoms with Crippen LogP contribution in [0, 0.1) is 17.6 Å². The van der Waals surface area contributed by atoms with Crippen LogP contribution in [0.3, 0.4) is 0 Å². The molecule has 0 atom stereocenters. The predicted octanol–water partition coefficient (Wildman–Crippen LogP) is 2.67. The van der Waals surface area contributed by atoms with Gasteiger partial charge in [0.25, 0.3) is 10.0 Å². The molecule has 4 rings (SSSR count). The van der Waals surface area contributed by atoms with Crippen molar-refractivity contribution in [2.45, 2.75) is 24.5 Å². The van der Waals surface area contributed by atoms with Gasteiger partial charge in [-0.05, 0) is 37.1 Å². The van der Waals surface area contributed by atoms with Crippen LogP contribution in [0.5, 0.6) is 0 Å². The Morgan fingerprint density at radius 3 is 2.65 bits per heavy atom. The second-order valence-corrected chi connectivity index (χ2v) is 9.09. The number of nitrogens with zero attached hydrogens (tertiary/aromatic N) is 2. The highest BCUT2D eigenvalue weighted by atomic mass is 32.2. The summed E-state index contributed by atoms with van der Waals surface area (Å²) in [5, 5.41) is 8.98. The van der Waals surface area contributed by atoms with E-state index in [1.165, 1.54) is 22.6 Å². The Morgan fingerprint density at radius 2 is 1.97 bits per heavy atom. The molecule has 0 unspecified atom stereocenters. The number of rotatable bonds is 6. The SMILES string of the molecule is O=C(NCc1ccc(F)cc1F)C1CCN(S(=O)(=O)c2ccc(-c3ccn[nH]3)o2)CC1. The van der Waals surface area contributed by atoms with E-state index in [4.69, 9.17) is 4.42 Å². The zero-order valence-electron chi connectivity index (χ0n) is 16.3. The molecule has 11 heteroatoms. The molecule has 1 aromatic carbocycles. The van der Waals surface area contributed by atoms with Crippen LogP contribution >= 0.6 is 0 Å². The molecule has 1 aliphatic rings. The molecule has 0 aliphatic carbocycles. The summed E-state index contributed by atoms with van der Waals surface area (Å²) in [6.45, 7) is 0.253. The lowest BCUT2D eigenvalue weighted by Crippen LogP contribution is -2.42. The Bertz CT molecular complexity index is 1170. The van der Waals surface area contributed by atoms with Crippen LogP contribution in [0.1, 0.15) is 18.4 Å². The maximum atomic E-state index is 13.7. The number of carbonyl (C=O) groups excluding carboxylic acids is 1. The summed E-state index contributed by atoms with van der Waals surface area (Å²) >= 11 is 0. The zero-order valence-corrected chi connectivity index (χ0v) is 17.2. The van der Waals surface area contributed by atoms with Crippen LogP contribution in [0.15, 0.2) is 52.1 Å². The molecule has 2 N–H and O–H groups in total. The fourth-order valence-electron chi connectivity index (χ4n) is 3.47. The molecule has 164 valence electrons. The quantitative estimate of drug-likeness (QED) is 0.600. The number of H-pyrrole nitrogens is 1. The third-order valence-corrected chi connectivity index (χ3v) is 7.01. The number of sulfonamides is 1. The van der Waals surface area contributed by atoms with Crippen LogP contribution in [-0.2, 0) is 21.4 Å². The Hall–Kier alpha value is -3.05. The number of furan rings is 1. The Balaban J connectivity index is 1.34. The topological polar surface area (TPSA) is 108 Å². The number of benzene rings is 1. The maximum absolute atomic E-state index is 13.7. The van der Waals surface area contributed by atoms with Crippen LogP contribution in [0.4, 0.5) is 8.78 Å². The average Bonchev–Trinajstić information content (AvgIpc) is 3.45. The van der Waals surface area contributed by atoms with Gasteiger partial charge in [0.05, 0.1) is 0 Å². The average molecular weight is 450 g/mol. The number of carbonyl (C=O) groups is 1. The monoisotopic (exact) mass is 450 g/mol. The first-order valence-corrected chi connectivity index (χ1v) is 11.1. The van der Waals surface area contributed by atoms with Crippen LogP contribution < -0.4 is 5.32 Å². The van der Waals surface area contributed by atoms with Crippen molar-refractivity contribution in [1.82, 2.24) is 19.8 Å². The minimum atomic E-state index is -3.83. The lowest BCUT2D eigenvalue weighted by molar-refractivity contribution is -0.126. The third kappa shape index (κ3) is 4.52. The molecule has 3 aromatic rings. The number of amides is 1. The minimum Gasteiger partial charge on any atom is -0.442 e. The summed E-state index contributed by atoms with van der Waals surface area (Å²) in [6.07, 6.45) is 2.18. The molecule has 0 bridgehead atoms. The number of hydrogen-bond donors (Lipinski definition) is 2. The van der Waals surface area contributed by atoms with Gasteiger partial charge in [0.2, 0.25) is 11.0 Å². The van der Waals surface area contributed by atoms with Gasteiger partial charge in [0.15, 0.2) is 5.76 Å². The highest BCUT2D eigenvalue weighted by Gasteiger charge is 2.34. The summed E-state index contributed by atoms with van der Waals surface area (Å²) in [7, 11) is -3.83. The van der Waals surface area contributed by atoms with Crippen molar-refractivity contribution in [3.63, 3.8) is 0 Å². The highest BCUT2D eigenvalue weighted by molar-refractivity contribution is 7.89. The molecular formula is C20H20F2N4O4S. The predicted molar refractivity (Wildman–Crippen MR) is 106 cm³/mol. The number of aromatic amines is 1. The number of piperidine rings is 1. The molecule has 0 spiro atoms. The first-order valence-electron chi connectivity index (χ1n) is 9.66. The number of hydrogen-bond acceptors (Lipinski definition) is 5. The second kappa shape index (κ2) is 8.60. The van der Waals surface area contributed by atoms with Crippen LogP contribution in [-0.4, -0.2) is 41.9 Å². The third-order valence-electron chi connectivity index (χ3n) is 5.23. The van der Waals surface area contributed by atoms with Gasteiger partial charge in [-0.15, -0.1) is 0 Å². The van der Waals surface area contributed by atoms with E-state index in [2.05, 4.69) is 15.5 Å². The first-order chi connectivity index (χ1) is 14.8. The molecule has 1 amide bonds. The fraction of sp³-hybridized carbons (Fsp3) is 0.300. The molecule has 1 saturated heterocycles. The summed E-state index contributed by atoms with van der Waals surface area (Å²) in [5.41, 5.74) is 0.745. The zero-order chi connectivity index (χ0) is 22.0. The lowest BCUT2D eigenvalue weighted by atomic mass is 9.97. The van der Waals surface area contributed by atoms with E-state index >= 15 is 0 Å². The first kappa shape index (κ1) is 21.2. The number of halogens is 2. The second-order valence-electron chi connectivity index (χ2n) is 7.22. The molecule has 3 heterocycles. The van der Waals surface area contributed by atoms with Gasteiger partial charge in [0, 0.05) is 43.4 Å². The van der Waals surface area contributed by atoms with Gasteiger partial charge >= 0.3 is 0 Å². The summed E-state index contributed by atoms with van der Waals surface area (Å²) < 4.78 is 59.2. The largest absolute Gasteiger partial charge is 0.442 e. The van der Waals surface area contributed by atoms with Crippen LogP contribution in [0.2, 0.25) is 0 Å². The number of nitrogens with one attached hydrogen (secondary N) is 2. The van der Waals surface area contributed by atoms with E-state index in [0.29, 0.717) is 24.3 Å². The van der Waals surface area contributed by atoms with Gasteiger partial charge in [-0.1, -0.05) is 6.07 Å². The van der Waals surface area contributed by atoms with E-state index in [9.17, 15) is 22.0 Å². The van der Waals surface area contributed by atoms with Crippen molar-refractivity contribution in [2.24, 2.45) is 5.92 Å². The Morgan fingerprint density at radius 1 is 1.19 bits per heavy atom. The van der Waals surface area contributed by atoms with Crippen molar-refractivity contribution >= 4 is 15.9 Å². The van der Waals surface area contributed by atoms with Gasteiger partial charge in [-0.25, -0.2) is 17.2 Å². The van der Waals surface area contributed by atoms with Crippen molar-refractivity contribution in [2.75, 3.05) is 13.1 Å². The van der Waals surface area contributed by atoms with E-state index in [1.807, 2.05) is 0 Å². The Labute approximate surface area is 177 Å². The molecular weight excluding hydrogens is 430 g/mol. The summed E-state index contributed by atoms with van der Waals surface area (Å²) in [6, 6.07) is 7.77. The van der Waals surface area contributed by atoms with Crippen molar-refractivity contribution in [1.29, 1.82) is 0 Å². The summed E-state index contributed by atoms with van der Waals surface area (Å²) in [4.78, 5) is 12.4. The maximum Gasteiger partial charge on any atom is 0.276 e. The van der Waals surface area contributed by atoms with Crippen LogP contribution in [0.25, 0.3) is 11.5 Å². The van der Waals surface area contributed by atoms with Gasteiger partial charge in [-0.3, -0.25) is 9.89 Å². The standard InChI is InChI=1S/C20H20F2N4O4S/c21-15-2-1-14(16(22)11-15)12-23-20(27)13-6-9-26(10-7-13)31(28,29)19-4-3-18(30-19)17-5-8-24-25-17/h1-5,8,11,13H,6-7,9-10,12H2,(H,23,27)(H,24,25). The lowest BCUT2D eigenvalue weighted by Gasteiger charge is -2.29. The normalized spacial score (nSPS) is 15.8. The molecule has 8 nitrogen and oxygen atoms in total. The fourth-order valence-corrected chi connectivity index (χ4v) is 4.86. The summed E-state index contributed by atoms with van der Waals surface area (Å²) in [5.74, 6) is -1.74. The van der Waals surface area contributed by atoms with Crippen molar-refractivity contribution < 1.29 is 26.4 Å². The minimum absolute atomic E-state index is 0.0633. The molecule has 31 heavy (non-hydrogen) atoms. The van der Waals surface area contributed by atoms with Crippen molar-refractivity contribution in [3.8, 4) is 11.5 Å².